The van der Waals surface area contributed by atoms with Gasteiger partial charge in [0.25, 0.3) is 0 Å². The summed E-state index contributed by atoms with van der Waals surface area (Å²) in [6.45, 7) is 4.66. The first kappa shape index (κ1) is 9.60. The van der Waals surface area contributed by atoms with Crippen LogP contribution < -0.4 is 4.57 Å². The third kappa shape index (κ3) is 1.07. The molecule has 0 bridgehead atoms. The average molecular weight is 240 g/mol. The van der Waals surface area contributed by atoms with E-state index in [1.807, 2.05) is 11.3 Å². The molecule has 3 heterocycles. The molecule has 0 amide bonds. The van der Waals surface area contributed by atoms with Crippen LogP contribution in [0.5, 0.6) is 0 Å². The van der Waals surface area contributed by atoms with Gasteiger partial charge in [0.05, 0.1) is 5.39 Å². The molecular weight excluding hydrogens is 226 g/mol. The maximum absolute atomic E-state index is 2.45. The fourth-order valence-corrected chi connectivity index (χ4v) is 4.21. The highest BCUT2D eigenvalue weighted by Crippen LogP contribution is 2.42. The van der Waals surface area contributed by atoms with Crippen LogP contribution in [0.15, 0.2) is 36.5 Å². The van der Waals surface area contributed by atoms with Crippen LogP contribution in [0, 0.1) is 0 Å². The van der Waals surface area contributed by atoms with Gasteiger partial charge in [-0.25, -0.2) is 0 Å². The summed E-state index contributed by atoms with van der Waals surface area (Å²) in [5, 5.41) is 1.48. The third-order valence-electron chi connectivity index (χ3n) is 4.15. The van der Waals surface area contributed by atoms with Crippen molar-refractivity contribution in [3.63, 3.8) is 0 Å². The van der Waals surface area contributed by atoms with Crippen molar-refractivity contribution in [2.24, 2.45) is 0 Å². The fourth-order valence-electron chi connectivity index (χ4n) is 3.06. The lowest BCUT2D eigenvalue weighted by atomic mass is 9.88. The number of pyridine rings is 1. The van der Waals surface area contributed by atoms with Crippen molar-refractivity contribution in [2.75, 3.05) is 0 Å². The van der Waals surface area contributed by atoms with Gasteiger partial charge >= 0.3 is 0 Å². The Morgan fingerprint density at radius 3 is 2.76 bits per heavy atom. The summed E-state index contributed by atoms with van der Waals surface area (Å²) in [6.07, 6.45) is 2.23. The molecular formula is C15H14NS+. The molecule has 0 aliphatic carbocycles. The molecule has 0 spiro atoms. The van der Waals surface area contributed by atoms with Crippen LogP contribution in [0.3, 0.4) is 0 Å². The Balaban J connectivity index is 2.36. The number of nitrogens with zero attached hydrogens (tertiary/aromatic N) is 1. The zero-order valence-corrected chi connectivity index (χ0v) is 10.8. The van der Waals surface area contributed by atoms with Crippen LogP contribution >= 0.6 is 11.3 Å². The van der Waals surface area contributed by atoms with Crippen LogP contribution in [0.2, 0.25) is 0 Å². The Morgan fingerprint density at radius 1 is 1.06 bits per heavy atom. The molecule has 2 atom stereocenters. The molecule has 0 saturated carbocycles. The number of rotatable bonds is 0. The van der Waals surface area contributed by atoms with Crippen molar-refractivity contribution >= 4 is 31.6 Å². The molecule has 0 N–H and O–H groups in total. The maximum Gasteiger partial charge on any atom is 0.231 e. The van der Waals surface area contributed by atoms with E-state index in [9.17, 15) is 0 Å². The van der Waals surface area contributed by atoms with Gasteiger partial charge in [-0.05, 0) is 24.6 Å². The summed E-state index contributed by atoms with van der Waals surface area (Å²) in [5.41, 5.74) is 2.96. The lowest BCUT2D eigenvalue weighted by Crippen LogP contribution is -2.42. The number of hydrogen-bond acceptors (Lipinski definition) is 1. The Bertz CT molecular complexity index is 679. The standard InChI is InChI=1S/C15H14NS/c1-9-10(2)16-8-4-7-13-15(16)14-11(9)5-3-6-12(14)17-13/h3-10H,1-2H3/q+1. The van der Waals surface area contributed by atoms with E-state index < -0.39 is 0 Å². The smallest absolute Gasteiger partial charge is 0.194 e. The van der Waals surface area contributed by atoms with Gasteiger partial charge < -0.3 is 0 Å². The zero-order chi connectivity index (χ0) is 11.6. The SMILES string of the molecule is CC1c2cccc3sc4ccc[n+](c4c23)C1C. The molecule has 4 rings (SSSR count). The van der Waals surface area contributed by atoms with E-state index in [1.165, 1.54) is 25.9 Å². The number of benzene rings is 1. The molecule has 3 aromatic rings. The van der Waals surface area contributed by atoms with Crippen molar-refractivity contribution in [3.8, 4) is 0 Å². The molecule has 2 aromatic heterocycles. The maximum atomic E-state index is 2.45. The molecule has 1 aliphatic heterocycles. The molecule has 2 heteroatoms. The van der Waals surface area contributed by atoms with Gasteiger partial charge in [-0.15, -0.1) is 11.3 Å². The van der Waals surface area contributed by atoms with E-state index in [2.05, 4.69) is 54.9 Å². The Labute approximate surface area is 104 Å². The van der Waals surface area contributed by atoms with Crippen molar-refractivity contribution in [2.45, 2.75) is 25.8 Å². The molecule has 0 radical (unpaired) electrons. The molecule has 1 aliphatic rings. The molecule has 2 unspecified atom stereocenters. The van der Waals surface area contributed by atoms with Crippen molar-refractivity contribution in [1.82, 2.24) is 0 Å². The third-order valence-corrected chi connectivity index (χ3v) is 5.26. The highest BCUT2D eigenvalue weighted by atomic mass is 32.1. The number of hydrogen-bond donors (Lipinski definition) is 0. The first-order chi connectivity index (χ1) is 8.27. The predicted octanol–water partition coefficient (Wildman–Crippen LogP) is 4.02. The summed E-state index contributed by atoms with van der Waals surface area (Å²) in [5.74, 6) is 0.594. The van der Waals surface area contributed by atoms with Crippen molar-refractivity contribution < 1.29 is 4.57 Å². The van der Waals surface area contributed by atoms with Gasteiger partial charge in [-0.1, -0.05) is 19.1 Å². The van der Waals surface area contributed by atoms with E-state index in [-0.39, 0.29) is 0 Å². The normalized spacial score (nSPS) is 22.7. The lowest BCUT2D eigenvalue weighted by molar-refractivity contribution is -0.698. The minimum atomic E-state index is 0.548. The lowest BCUT2D eigenvalue weighted by Gasteiger charge is -2.21. The summed E-state index contributed by atoms with van der Waals surface area (Å²) < 4.78 is 5.29. The van der Waals surface area contributed by atoms with E-state index in [1.54, 1.807) is 0 Å². The van der Waals surface area contributed by atoms with E-state index in [4.69, 9.17) is 0 Å². The summed E-state index contributed by atoms with van der Waals surface area (Å²) in [4.78, 5) is 0. The second-order valence-electron chi connectivity index (χ2n) is 4.98. The average Bonchev–Trinajstić information content (AvgIpc) is 2.73. The zero-order valence-electron chi connectivity index (χ0n) is 9.97. The van der Waals surface area contributed by atoms with Crippen LogP contribution in [0.1, 0.15) is 31.4 Å². The number of thiophene rings is 1. The monoisotopic (exact) mass is 240 g/mol. The largest absolute Gasteiger partial charge is 0.231 e. The number of aromatic nitrogens is 1. The van der Waals surface area contributed by atoms with Gasteiger partial charge in [0.15, 0.2) is 12.2 Å². The van der Waals surface area contributed by atoms with Gasteiger partial charge in [-0.3, -0.25) is 0 Å². The van der Waals surface area contributed by atoms with Crippen LogP contribution in [-0.2, 0) is 0 Å². The van der Waals surface area contributed by atoms with Crippen molar-refractivity contribution in [1.29, 1.82) is 0 Å². The summed E-state index contributed by atoms with van der Waals surface area (Å²) >= 11 is 1.91. The molecule has 17 heavy (non-hydrogen) atoms. The van der Waals surface area contributed by atoms with Gasteiger partial charge in [0.2, 0.25) is 5.52 Å². The molecule has 84 valence electrons. The fraction of sp³-hybridized carbons (Fsp3) is 0.267. The minimum absolute atomic E-state index is 0.548. The summed E-state index contributed by atoms with van der Waals surface area (Å²) in [6, 6.07) is 11.7. The predicted molar refractivity (Wildman–Crippen MR) is 72.7 cm³/mol. The van der Waals surface area contributed by atoms with E-state index in [0.29, 0.717) is 12.0 Å². The highest BCUT2D eigenvalue weighted by Gasteiger charge is 2.33. The first-order valence-electron chi connectivity index (χ1n) is 6.12. The minimum Gasteiger partial charge on any atom is -0.194 e. The quantitative estimate of drug-likeness (QED) is 0.522. The van der Waals surface area contributed by atoms with E-state index >= 15 is 0 Å². The second kappa shape index (κ2) is 3.08. The van der Waals surface area contributed by atoms with Crippen LogP contribution in [0.4, 0.5) is 0 Å². The molecule has 0 saturated heterocycles. The molecule has 1 nitrogen and oxygen atoms in total. The first-order valence-corrected chi connectivity index (χ1v) is 6.94. The topological polar surface area (TPSA) is 3.88 Å². The summed E-state index contributed by atoms with van der Waals surface area (Å²) in [7, 11) is 0. The molecule has 1 aromatic carbocycles. The van der Waals surface area contributed by atoms with E-state index in [0.717, 1.165) is 0 Å². The Kier molecular flexibility index (Phi) is 1.74. The highest BCUT2D eigenvalue weighted by molar-refractivity contribution is 7.25. The Morgan fingerprint density at radius 2 is 1.88 bits per heavy atom. The van der Waals surface area contributed by atoms with Crippen LogP contribution in [-0.4, -0.2) is 0 Å². The van der Waals surface area contributed by atoms with Crippen molar-refractivity contribution in [3.05, 3.63) is 42.1 Å². The second-order valence-corrected chi connectivity index (χ2v) is 6.06. The Hall–Kier alpha value is -1.41. The van der Waals surface area contributed by atoms with Crippen LogP contribution in [0.25, 0.3) is 20.3 Å². The van der Waals surface area contributed by atoms with Gasteiger partial charge in [-0.2, -0.15) is 4.57 Å². The molecule has 0 fully saturated rings. The van der Waals surface area contributed by atoms with Gasteiger partial charge in [0, 0.05) is 16.7 Å². The van der Waals surface area contributed by atoms with Gasteiger partial charge in [0.1, 0.15) is 4.70 Å².